The first-order chi connectivity index (χ1) is 11.5. The van der Waals surface area contributed by atoms with Crippen LogP contribution in [0.5, 0.6) is 5.75 Å². The van der Waals surface area contributed by atoms with Crippen LogP contribution in [0.4, 0.5) is 0 Å². The normalized spacial score (nSPS) is 18.0. The van der Waals surface area contributed by atoms with Crippen molar-refractivity contribution in [3.63, 3.8) is 0 Å². The molecule has 1 amide bonds. The summed E-state index contributed by atoms with van der Waals surface area (Å²) in [6, 6.07) is 16.8. The zero-order valence-corrected chi connectivity index (χ0v) is 15.1. The molecule has 0 aliphatic carbocycles. The predicted octanol–water partition coefficient (Wildman–Crippen LogP) is 2.10. The number of amides is 1. The van der Waals surface area contributed by atoms with Crippen molar-refractivity contribution in [2.24, 2.45) is 5.10 Å². The van der Waals surface area contributed by atoms with Gasteiger partial charge in [-0.2, -0.15) is 0 Å². The molecule has 1 heterocycles. The molecule has 1 aliphatic heterocycles. The zero-order chi connectivity index (χ0) is 17.1. The molecule has 0 bridgehead atoms. The van der Waals surface area contributed by atoms with Crippen LogP contribution in [-0.2, 0) is 9.53 Å². The SMILES string of the molecule is CC(=O)N1N=C(c2ccc(O)cc2)OC1C(C)[Se]c1ccccc1. The first-order valence-corrected chi connectivity index (χ1v) is 9.45. The van der Waals surface area contributed by atoms with E-state index in [4.69, 9.17) is 4.74 Å². The van der Waals surface area contributed by atoms with Gasteiger partial charge in [0.1, 0.15) is 0 Å². The number of hydrogen-bond donors (Lipinski definition) is 1. The second-order valence-electron chi connectivity index (χ2n) is 5.46. The standard InChI is InChI=1S/C18H18N2O3Se/c1-12(24-16-6-4-3-5-7-16)18-20(13(2)21)19-17(23-18)14-8-10-15(22)11-9-14/h3-12,18,22H,1-2H3. The van der Waals surface area contributed by atoms with Crippen molar-refractivity contribution in [2.75, 3.05) is 0 Å². The van der Waals surface area contributed by atoms with Crippen LogP contribution in [0.3, 0.4) is 0 Å². The molecule has 1 aliphatic rings. The molecule has 2 aromatic carbocycles. The summed E-state index contributed by atoms with van der Waals surface area (Å²) in [6.07, 6.45) is -0.411. The first-order valence-electron chi connectivity index (χ1n) is 7.61. The van der Waals surface area contributed by atoms with Crippen LogP contribution in [0, 0.1) is 0 Å². The van der Waals surface area contributed by atoms with E-state index < -0.39 is 6.23 Å². The minimum absolute atomic E-state index is 0.141. The van der Waals surface area contributed by atoms with E-state index in [1.807, 2.05) is 18.2 Å². The number of phenols is 1. The Morgan fingerprint density at radius 3 is 2.50 bits per heavy atom. The van der Waals surface area contributed by atoms with Crippen molar-refractivity contribution >= 4 is 31.2 Å². The van der Waals surface area contributed by atoms with Gasteiger partial charge in [0, 0.05) is 0 Å². The molecule has 2 unspecified atom stereocenters. The molecule has 1 N–H and O–H groups in total. The average molecular weight is 389 g/mol. The van der Waals surface area contributed by atoms with Crippen molar-refractivity contribution in [2.45, 2.75) is 24.9 Å². The Balaban J connectivity index is 1.79. The summed E-state index contributed by atoms with van der Waals surface area (Å²) in [5, 5.41) is 15.2. The van der Waals surface area contributed by atoms with Gasteiger partial charge < -0.3 is 0 Å². The van der Waals surface area contributed by atoms with E-state index in [9.17, 15) is 9.90 Å². The minimum atomic E-state index is -0.411. The summed E-state index contributed by atoms with van der Waals surface area (Å²) < 4.78 is 7.24. The van der Waals surface area contributed by atoms with Gasteiger partial charge in [0.15, 0.2) is 0 Å². The van der Waals surface area contributed by atoms with E-state index in [0.29, 0.717) is 5.90 Å². The number of carbonyl (C=O) groups is 1. The van der Waals surface area contributed by atoms with Crippen LogP contribution in [0.1, 0.15) is 19.4 Å². The van der Waals surface area contributed by atoms with Gasteiger partial charge in [0.2, 0.25) is 0 Å². The van der Waals surface area contributed by atoms with E-state index in [1.54, 1.807) is 24.3 Å². The number of aromatic hydroxyl groups is 1. The van der Waals surface area contributed by atoms with Crippen molar-refractivity contribution < 1.29 is 14.6 Å². The maximum absolute atomic E-state index is 12.0. The summed E-state index contributed by atoms with van der Waals surface area (Å²) >= 11 is 0.152. The summed E-state index contributed by atoms with van der Waals surface area (Å²) in [5.74, 6) is 0.438. The predicted molar refractivity (Wildman–Crippen MR) is 93.3 cm³/mol. The fraction of sp³-hybridized carbons (Fsp3) is 0.222. The fourth-order valence-corrected chi connectivity index (χ4v) is 4.55. The Hall–Kier alpha value is -2.30. The molecular weight excluding hydrogens is 371 g/mol. The zero-order valence-electron chi connectivity index (χ0n) is 13.4. The van der Waals surface area contributed by atoms with Crippen LogP contribution in [0.15, 0.2) is 59.7 Å². The van der Waals surface area contributed by atoms with Crippen LogP contribution in [-0.4, -0.2) is 43.1 Å². The summed E-state index contributed by atoms with van der Waals surface area (Å²) in [5.41, 5.74) is 0.737. The first kappa shape index (κ1) is 16.6. The second kappa shape index (κ2) is 7.07. The Morgan fingerprint density at radius 1 is 1.21 bits per heavy atom. The molecule has 0 saturated heterocycles. The fourth-order valence-electron chi connectivity index (χ4n) is 2.39. The van der Waals surface area contributed by atoms with Gasteiger partial charge in [-0.25, -0.2) is 0 Å². The van der Waals surface area contributed by atoms with Crippen LogP contribution in [0.2, 0.25) is 4.82 Å². The van der Waals surface area contributed by atoms with Crippen molar-refractivity contribution in [1.82, 2.24) is 5.01 Å². The number of carbonyl (C=O) groups excluding carboxylic acids is 1. The van der Waals surface area contributed by atoms with Gasteiger partial charge in [-0.15, -0.1) is 0 Å². The topological polar surface area (TPSA) is 62.1 Å². The van der Waals surface area contributed by atoms with Crippen LogP contribution >= 0.6 is 0 Å². The molecule has 0 fully saturated rings. The Morgan fingerprint density at radius 2 is 1.88 bits per heavy atom. The third kappa shape index (κ3) is 3.61. The molecule has 24 heavy (non-hydrogen) atoms. The molecule has 0 spiro atoms. The second-order valence-corrected chi connectivity index (χ2v) is 8.50. The summed E-state index contributed by atoms with van der Waals surface area (Å²) in [6.45, 7) is 3.56. The van der Waals surface area contributed by atoms with Gasteiger partial charge in [-0.3, -0.25) is 0 Å². The average Bonchev–Trinajstić information content (AvgIpc) is 3.02. The van der Waals surface area contributed by atoms with Crippen molar-refractivity contribution in [1.29, 1.82) is 0 Å². The van der Waals surface area contributed by atoms with Crippen LogP contribution < -0.4 is 4.46 Å². The summed E-state index contributed by atoms with van der Waals surface area (Å²) in [4.78, 5) is 12.1. The third-order valence-corrected chi connectivity index (χ3v) is 5.99. The molecule has 124 valence electrons. The quantitative estimate of drug-likeness (QED) is 0.815. The molecule has 0 radical (unpaired) electrons. The van der Waals surface area contributed by atoms with E-state index in [0.717, 1.165) is 5.56 Å². The number of benzene rings is 2. The molecule has 5 nitrogen and oxygen atoms in total. The monoisotopic (exact) mass is 390 g/mol. The van der Waals surface area contributed by atoms with E-state index in [1.165, 1.54) is 16.4 Å². The molecule has 0 saturated carbocycles. The van der Waals surface area contributed by atoms with Gasteiger partial charge in [0.05, 0.1) is 0 Å². The number of ether oxygens (including phenoxy) is 1. The molecule has 2 atom stereocenters. The van der Waals surface area contributed by atoms with Crippen molar-refractivity contribution in [3.05, 3.63) is 60.2 Å². The molecular formula is C18H18N2O3Se. The number of rotatable bonds is 4. The molecule has 2 aromatic rings. The maximum atomic E-state index is 12.0. The van der Waals surface area contributed by atoms with Gasteiger partial charge in [0.25, 0.3) is 0 Å². The van der Waals surface area contributed by atoms with Crippen molar-refractivity contribution in [3.8, 4) is 5.75 Å². The molecule has 6 heteroatoms. The van der Waals surface area contributed by atoms with Crippen LogP contribution in [0.25, 0.3) is 0 Å². The van der Waals surface area contributed by atoms with E-state index >= 15 is 0 Å². The number of hydrazone groups is 1. The third-order valence-electron chi connectivity index (χ3n) is 3.58. The van der Waals surface area contributed by atoms with E-state index in [-0.39, 0.29) is 31.4 Å². The van der Waals surface area contributed by atoms with Gasteiger partial charge in [-0.1, -0.05) is 0 Å². The Kier molecular flexibility index (Phi) is 4.88. The summed E-state index contributed by atoms with van der Waals surface area (Å²) in [7, 11) is 0. The molecule has 3 rings (SSSR count). The number of nitrogens with zero attached hydrogens (tertiary/aromatic N) is 2. The molecule has 0 aromatic heterocycles. The van der Waals surface area contributed by atoms with Gasteiger partial charge in [-0.05, 0) is 0 Å². The Labute approximate surface area is 147 Å². The van der Waals surface area contributed by atoms with Gasteiger partial charge >= 0.3 is 147 Å². The Bertz CT molecular complexity index is 747. The van der Waals surface area contributed by atoms with E-state index in [2.05, 4.69) is 24.2 Å². The number of phenolic OH excluding ortho intramolecular Hbond substituents is 1. The number of hydrogen-bond acceptors (Lipinski definition) is 4.